The minimum atomic E-state index is -1.65. The Bertz CT molecular complexity index is 2930. The van der Waals surface area contributed by atoms with Crippen molar-refractivity contribution in [2.45, 2.75) is 106 Å². The van der Waals surface area contributed by atoms with E-state index in [4.69, 9.17) is 17.2 Å². The lowest BCUT2D eigenvalue weighted by Gasteiger charge is -2.26. The lowest BCUT2D eigenvalue weighted by molar-refractivity contribution is -0.141. The molecule has 0 saturated carbocycles. The fourth-order valence-corrected chi connectivity index (χ4v) is 10.0. The molecule has 26 heteroatoms. The number of imide groups is 1. The number of guanidine groups is 1. The highest BCUT2D eigenvalue weighted by molar-refractivity contribution is 8.00. The molecule has 3 heterocycles. The second kappa shape index (κ2) is 30.5. The van der Waals surface area contributed by atoms with Gasteiger partial charge in [0.15, 0.2) is 5.96 Å². The molecule has 1 unspecified atom stereocenters. The van der Waals surface area contributed by atoms with E-state index in [0.29, 0.717) is 23.4 Å². The van der Waals surface area contributed by atoms with Gasteiger partial charge >= 0.3 is 5.97 Å². The number of likely N-dealkylation sites (tertiary alicyclic amines) is 1. The summed E-state index contributed by atoms with van der Waals surface area (Å²) < 4.78 is 0. The Labute approximate surface area is 471 Å². The number of aliphatic carboxylic acids is 1. The van der Waals surface area contributed by atoms with E-state index in [-0.39, 0.29) is 102 Å². The number of fused-ring (bicyclic) bond motifs is 2. The number of carbonyl (C=O) groups excluding carboxylic acids is 10. The zero-order valence-electron chi connectivity index (χ0n) is 44.4. The van der Waals surface area contributed by atoms with Crippen LogP contribution in [-0.2, 0) is 65.7 Å². The number of nitrogens with one attached hydrogen (secondary N) is 7. The maximum Gasteiger partial charge on any atom is 0.305 e. The summed E-state index contributed by atoms with van der Waals surface area (Å²) in [5.41, 5.74) is 20.7. The first-order valence-electron chi connectivity index (χ1n) is 26.4. The van der Waals surface area contributed by atoms with E-state index in [2.05, 4.69) is 54.1 Å². The van der Waals surface area contributed by atoms with E-state index >= 15 is 0 Å². The number of hydrogen-bond acceptors (Lipinski definition) is 14. The third kappa shape index (κ3) is 18.9. The summed E-state index contributed by atoms with van der Waals surface area (Å²) in [4.78, 5) is 152. The number of para-hydroxylation sites is 1. The zero-order chi connectivity index (χ0) is 58.4. The molecule has 81 heavy (non-hydrogen) atoms. The smallest absolute Gasteiger partial charge is 0.305 e. The van der Waals surface area contributed by atoms with Crippen LogP contribution in [0.5, 0.6) is 0 Å². The number of thioether (sulfide) groups is 1. The Kier molecular flexibility index (Phi) is 23.1. The topological polar surface area (TPSA) is 389 Å². The van der Waals surface area contributed by atoms with Crippen LogP contribution in [0.1, 0.15) is 80.0 Å². The molecule has 10 amide bonds. The van der Waals surface area contributed by atoms with Crippen molar-refractivity contribution >= 4 is 88.4 Å². The minimum Gasteiger partial charge on any atom is -0.481 e. The van der Waals surface area contributed by atoms with Crippen LogP contribution in [0.25, 0.3) is 0 Å². The van der Waals surface area contributed by atoms with Gasteiger partial charge < -0.3 is 64.4 Å². The normalized spacial score (nSPS) is 19.8. The Morgan fingerprint density at radius 2 is 1.37 bits per heavy atom. The number of carboxylic acids is 1. The molecule has 430 valence electrons. The Morgan fingerprint density at radius 1 is 0.728 bits per heavy atom. The monoisotopic (exact) mass is 1130 g/mol. The van der Waals surface area contributed by atoms with Gasteiger partial charge in [0.1, 0.15) is 24.2 Å². The molecular formula is C55H67N13O12S. The highest BCUT2D eigenvalue weighted by Crippen LogP contribution is 2.27. The van der Waals surface area contributed by atoms with Gasteiger partial charge in [0.2, 0.25) is 59.1 Å². The second-order valence-corrected chi connectivity index (χ2v) is 20.6. The number of hydrogen-bond donors (Lipinski definition) is 11. The van der Waals surface area contributed by atoms with Gasteiger partial charge in [-0.2, -0.15) is 0 Å². The highest BCUT2D eigenvalue weighted by atomic mass is 32.2. The van der Waals surface area contributed by atoms with Crippen molar-refractivity contribution in [2.75, 3.05) is 43.4 Å². The van der Waals surface area contributed by atoms with Gasteiger partial charge in [0, 0.05) is 68.7 Å². The molecule has 14 N–H and O–H groups in total. The van der Waals surface area contributed by atoms with Crippen molar-refractivity contribution in [1.82, 2.24) is 42.1 Å². The molecule has 2 fully saturated rings. The summed E-state index contributed by atoms with van der Waals surface area (Å²) in [6.07, 6.45) is -0.712. The molecule has 0 bridgehead atoms. The van der Waals surface area contributed by atoms with Crippen LogP contribution in [-0.4, -0.2) is 155 Å². The van der Waals surface area contributed by atoms with Crippen molar-refractivity contribution in [1.29, 1.82) is 0 Å². The number of amides is 10. The number of anilines is 1. The van der Waals surface area contributed by atoms with Crippen molar-refractivity contribution in [3.8, 4) is 11.8 Å². The zero-order valence-corrected chi connectivity index (χ0v) is 45.2. The summed E-state index contributed by atoms with van der Waals surface area (Å²) in [7, 11) is 0. The van der Waals surface area contributed by atoms with Gasteiger partial charge in [-0.05, 0) is 61.4 Å². The summed E-state index contributed by atoms with van der Waals surface area (Å²) in [6, 6.07) is 16.7. The highest BCUT2D eigenvalue weighted by Gasteiger charge is 2.39. The molecule has 0 radical (unpaired) electrons. The summed E-state index contributed by atoms with van der Waals surface area (Å²) >= 11 is 1.03. The largest absolute Gasteiger partial charge is 0.481 e. The van der Waals surface area contributed by atoms with Gasteiger partial charge in [0.25, 0.3) is 0 Å². The quantitative estimate of drug-likeness (QED) is 0.0163. The molecule has 3 aromatic carbocycles. The average molecular weight is 1130 g/mol. The Balaban J connectivity index is 0.982. The number of aliphatic imine (C=N–C) groups is 1. The van der Waals surface area contributed by atoms with Crippen molar-refractivity contribution < 1.29 is 57.8 Å². The first kappa shape index (κ1) is 61.4. The van der Waals surface area contributed by atoms with Crippen LogP contribution < -0.4 is 59.3 Å². The fraction of sp³-hybridized carbons (Fsp3) is 0.418. The molecule has 2 saturated heterocycles. The van der Waals surface area contributed by atoms with Gasteiger partial charge in [-0.25, -0.2) is 0 Å². The number of nitrogens with zero attached hydrogens (tertiary/aromatic N) is 3. The SMILES string of the molecule is NC(N)=NCCC[C@@H]1NC(=O)[C@H](CCCCNC(=O)[C@@H](N)CSC2CC(=O)N(CCC(=O)NCCC(=O)N3Cc4ccccc4C#Cc4ccccc43)C2=O)NC(=O)[C@@H](Cc2ccccc2)NC(=O)[C@H](CC(=O)O)NC(=O)CNC1=O. The third-order valence-electron chi connectivity index (χ3n) is 13.2. The van der Waals surface area contributed by atoms with E-state index in [1.807, 2.05) is 48.5 Å². The molecule has 0 spiro atoms. The number of benzene rings is 3. The molecule has 3 aliphatic rings. The molecule has 0 aliphatic carbocycles. The van der Waals surface area contributed by atoms with Crippen molar-refractivity contribution in [2.24, 2.45) is 22.2 Å². The van der Waals surface area contributed by atoms with Gasteiger partial charge in [-0.3, -0.25) is 62.6 Å². The van der Waals surface area contributed by atoms with Crippen LogP contribution in [0.15, 0.2) is 83.9 Å². The standard InChI is InChI=1S/C55H67N13O12S/c56-37(32-81-43-29-47(72)67(54(43)80)26-22-44(69)59-25-21-46(71)68-31-36-15-5-4-13-34(36)19-20-35-14-6-7-18-42(35)68)49(75)60-23-9-8-16-39-51(77)64-38(17-10-24-61-55(57)58)50(76)62-30-45(70)63-41(28-48(73)74)53(79)66-40(52(78)65-39)27-33-11-2-1-3-12-33/h1-7,11-15,18,37-41,43H,8-10,16-17,21-32,56H2,(H,59,69)(H,60,75)(H,62,76)(H,63,70)(H,64,77)(H,65,78)(H,66,79)(H,73,74)(H4,57,58,61)/t37-,38-,39-,40+,41-,43?/m0/s1. The van der Waals surface area contributed by atoms with E-state index in [1.165, 1.54) is 0 Å². The number of rotatable bonds is 23. The van der Waals surface area contributed by atoms with Gasteiger partial charge in [-0.15, -0.1) is 11.8 Å². The third-order valence-corrected chi connectivity index (χ3v) is 14.5. The van der Waals surface area contributed by atoms with Gasteiger partial charge in [-0.1, -0.05) is 72.5 Å². The van der Waals surface area contributed by atoms with Crippen molar-refractivity contribution in [3.05, 3.63) is 101 Å². The molecule has 0 aromatic heterocycles. The summed E-state index contributed by atoms with van der Waals surface area (Å²) in [6.45, 7) is -0.411. The molecule has 3 aliphatic heterocycles. The maximum absolute atomic E-state index is 14.1. The summed E-state index contributed by atoms with van der Waals surface area (Å²) in [5.74, 6) is -1.95. The molecule has 3 aromatic rings. The van der Waals surface area contributed by atoms with E-state index in [1.54, 1.807) is 35.2 Å². The Morgan fingerprint density at radius 3 is 2.11 bits per heavy atom. The van der Waals surface area contributed by atoms with E-state index < -0.39 is 108 Å². The molecule has 6 atom stereocenters. The molecule has 25 nitrogen and oxygen atoms in total. The second-order valence-electron chi connectivity index (χ2n) is 19.3. The predicted molar refractivity (Wildman–Crippen MR) is 298 cm³/mol. The van der Waals surface area contributed by atoms with Crippen molar-refractivity contribution in [3.63, 3.8) is 0 Å². The number of nitrogens with two attached hydrogens (primary N) is 3. The average Bonchev–Trinajstić information content (AvgIpc) is 3.73. The predicted octanol–water partition coefficient (Wildman–Crippen LogP) is -1.86. The molecular weight excluding hydrogens is 1070 g/mol. The number of unbranched alkanes of at least 4 members (excludes halogenated alkanes) is 1. The number of carboxylic acid groups (broad SMARTS) is 1. The fourth-order valence-electron chi connectivity index (χ4n) is 8.92. The first-order valence-corrected chi connectivity index (χ1v) is 27.5. The molecule has 6 rings (SSSR count). The maximum atomic E-state index is 14.1. The van der Waals surface area contributed by atoms with E-state index in [0.717, 1.165) is 27.8 Å². The van der Waals surface area contributed by atoms with Crippen LogP contribution in [0, 0.1) is 11.8 Å². The minimum absolute atomic E-state index is 0.0125. The Hall–Kier alpha value is -8.83. The summed E-state index contributed by atoms with van der Waals surface area (Å²) in [5, 5.41) is 26.7. The number of carbonyl (C=O) groups is 11. The van der Waals surface area contributed by atoms with Crippen LogP contribution in [0.2, 0.25) is 0 Å². The lowest BCUT2D eigenvalue weighted by atomic mass is 10.0. The first-order chi connectivity index (χ1) is 38.9. The lowest BCUT2D eigenvalue weighted by Crippen LogP contribution is -2.58. The van der Waals surface area contributed by atoms with Crippen LogP contribution in [0.3, 0.4) is 0 Å². The van der Waals surface area contributed by atoms with Crippen LogP contribution in [0.4, 0.5) is 5.69 Å². The van der Waals surface area contributed by atoms with E-state index in [9.17, 15) is 57.8 Å². The van der Waals surface area contributed by atoms with Gasteiger partial charge in [0.05, 0.1) is 36.5 Å². The van der Waals surface area contributed by atoms with Crippen LogP contribution >= 0.6 is 11.8 Å².